The quantitative estimate of drug-likeness (QED) is 0.807. The smallest absolute Gasteiger partial charge is 0.361 e. The van der Waals surface area contributed by atoms with E-state index in [1.807, 2.05) is 6.07 Å². The molecule has 0 aromatic heterocycles. The number of benzene rings is 1. The van der Waals surface area contributed by atoms with Gasteiger partial charge in [0.2, 0.25) is 0 Å². The Hall–Kier alpha value is -1.23. The molecule has 1 aliphatic rings. The second kappa shape index (κ2) is 4.46. The molecule has 0 saturated carbocycles. The molecule has 5 heteroatoms. The Morgan fingerprint density at radius 1 is 1.17 bits per heavy atom. The molecule has 18 heavy (non-hydrogen) atoms. The van der Waals surface area contributed by atoms with Gasteiger partial charge < -0.3 is 5.32 Å². The van der Waals surface area contributed by atoms with Crippen molar-refractivity contribution in [1.82, 2.24) is 5.32 Å². The van der Waals surface area contributed by atoms with E-state index in [1.165, 1.54) is 12.3 Å². The Labute approximate surface area is 112 Å². The molecule has 0 radical (unpaired) electrons. The van der Waals surface area contributed by atoms with E-state index in [0.29, 0.717) is 5.70 Å². The number of alkyl halides is 3. The molecule has 2 rings (SSSR count). The van der Waals surface area contributed by atoms with Crippen LogP contribution < -0.4 is 5.32 Å². The normalized spacial score (nSPS) is 24.1. The molecule has 0 aliphatic carbocycles. The first-order valence-electron chi connectivity index (χ1n) is 5.32. The van der Waals surface area contributed by atoms with E-state index in [0.717, 1.165) is 12.5 Å². The van der Waals surface area contributed by atoms with Crippen LogP contribution in [0.2, 0.25) is 0 Å². The van der Waals surface area contributed by atoms with Crippen LogP contribution in [0.1, 0.15) is 12.5 Å². The van der Waals surface area contributed by atoms with Crippen LogP contribution in [0.3, 0.4) is 0 Å². The molecular weight excluding hydrogens is 307 g/mol. The maximum absolute atomic E-state index is 13.1. The Balaban J connectivity index is 2.46. The number of halogens is 4. The highest BCUT2D eigenvalue weighted by Crippen LogP contribution is 2.49. The van der Waals surface area contributed by atoms with Gasteiger partial charge >= 0.3 is 6.18 Å². The molecule has 1 aromatic rings. The van der Waals surface area contributed by atoms with E-state index >= 15 is 0 Å². The summed E-state index contributed by atoms with van der Waals surface area (Å²) in [5.74, 6) is 0. The molecule has 0 amide bonds. The van der Waals surface area contributed by atoms with Gasteiger partial charge in [-0.15, -0.1) is 0 Å². The SMILES string of the molecule is CC1(C(F)(F)F)C=C(c2ccccc2)NC=C1Br. The summed E-state index contributed by atoms with van der Waals surface area (Å²) < 4.78 is 39.4. The van der Waals surface area contributed by atoms with E-state index in [1.54, 1.807) is 24.3 Å². The molecule has 0 fully saturated rings. The van der Waals surface area contributed by atoms with E-state index in [4.69, 9.17) is 0 Å². The van der Waals surface area contributed by atoms with Crippen molar-refractivity contribution in [3.8, 4) is 0 Å². The largest absolute Gasteiger partial charge is 0.402 e. The summed E-state index contributed by atoms with van der Waals surface area (Å²) in [7, 11) is 0. The summed E-state index contributed by atoms with van der Waals surface area (Å²) >= 11 is 2.98. The summed E-state index contributed by atoms with van der Waals surface area (Å²) in [4.78, 5) is 0. The maximum Gasteiger partial charge on any atom is 0.402 e. The Bertz CT molecular complexity index is 505. The predicted molar refractivity (Wildman–Crippen MR) is 68.7 cm³/mol. The first kappa shape index (κ1) is 13.2. The fraction of sp³-hybridized carbons (Fsp3) is 0.231. The highest BCUT2D eigenvalue weighted by Gasteiger charge is 2.52. The zero-order valence-electron chi connectivity index (χ0n) is 9.55. The lowest BCUT2D eigenvalue weighted by molar-refractivity contribution is -0.184. The predicted octanol–water partition coefficient (Wildman–Crippen LogP) is 4.44. The highest BCUT2D eigenvalue weighted by atomic mass is 79.9. The van der Waals surface area contributed by atoms with Gasteiger partial charge in [0.1, 0.15) is 5.41 Å². The van der Waals surface area contributed by atoms with Crippen LogP contribution in [0, 0.1) is 5.41 Å². The monoisotopic (exact) mass is 317 g/mol. The van der Waals surface area contributed by atoms with Gasteiger partial charge in [0, 0.05) is 16.4 Å². The van der Waals surface area contributed by atoms with Gasteiger partial charge in [0.25, 0.3) is 0 Å². The van der Waals surface area contributed by atoms with Crippen LogP contribution in [-0.2, 0) is 0 Å². The average molecular weight is 318 g/mol. The van der Waals surface area contributed by atoms with Crippen molar-refractivity contribution in [2.24, 2.45) is 5.41 Å². The fourth-order valence-electron chi connectivity index (χ4n) is 1.69. The summed E-state index contributed by atoms with van der Waals surface area (Å²) in [6.07, 6.45) is -1.80. The minimum absolute atomic E-state index is 0.0715. The lowest BCUT2D eigenvalue weighted by Crippen LogP contribution is -2.37. The van der Waals surface area contributed by atoms with E-state index in [-0.39, 0.29) is 4.48 Å². The lowest BCUT2D eigenvalue weighted by Gasteiger charge is -2.33. The van der Waals surface area contributed by atoms with Gasteiger partial charge in [-0.05, 0) is 18.6 Å². The molecule has 1 heterocycles. The topological polar surface area (TPSA) is 12.0 Å². The third kappa shape index (κ3) is 2.19. The first-order valence-corrected chi connectivity index (χ1v) is 6.11. The minimum atomic E-state index is -4.34. The maximum atomic E-state index is 13.1. The van der Waals surface area contributed by atoms with Crippen molar-refractivity contribution in [2.75, 3.05) is 0 Å². The van der Waals surface area contributed by atoms with Crippen molar-refractivity contribution < 1.29 is 13.2 Å². The number of rotatable bonds is 1. The first-order chi connectivity index (χ1) is 8.34. The third-order valence-corrected chi connectivity index (χ3v) is 4.01. The molecular formula is C13H11BrF3N. The van der Waals surface area contributed by atoms with Gasteiger partial charge in [-0.3, -0.25) is 0 Å². The molecule has 96 valence electrons. The van der Waals surface area contributed by atoms with Gasteiger partial charge in [-0.25, -0.2) is 0 Å². The molecule has 1 unspecified atom stereocenters. The second-order valence-corrected chi connectivity index (χ2v) is 5.12. The van der Waals surface area contributed by atoms with Gasteiger partial charge in [0.15, 0.2) is 0 Å². The standard InChI is InChI=1S/C13H11BrF3N/c1-12(13(15,16)17)7-10(18-8-11(12)14)9-5-3-2-4-6-9/h2-8,18H,1H3. The molecule has 1 aromatic carbocycles. The molecule has 1 atom stereocenters. The van der Waals surface area contributed by atoms with Crippen LogP contribution in [0.4, 0.5) is 13.2 Å². The molecule has 0 bridgehead atoms. The zero-order valence-corrected chi connectivity index (χ0v) is 11.1. The fourth-order valence-corrected chi connectivity index (χ4v) is 2.15. The van der Waals surface area contributed by atoms with Crippen LogP contribution in [-0.4, -0.2) is 6.18 Å². The van der Waals surface area contributed by atoms with Crippen molar-refractivity contribution in [2.45, 2.75) is 13.1 Å². The molecule has 1 nitrogen and oxygen atoms in total. The Morgan fingerprint density at radius 2 is 1.78 bits per heavy atom. The third-order valence-electron chi connectivity index (χ3n) is 2.96. The minimum Gasteiger partial charge on any atom is -0.361 e. The molecule has 1 aliphatic heterocycles. The molecule has 1 N–H and O–H groups in total. The molecule has 0 saturated heterocycles. The number of nitrogens with one attached hydrogen (secondary N) is 1. The van der Waals surface area contributed by atoms with Gasteiger partial charge in [-0.1, -0.05) is 46.3 Å². The van der Waals surface area contributed by atoms with Gasteiger partial charge in [0.05, 0.1) is 0 Å². The summed E-state index contributed by atoms with van der Waals surface area (Å²) in [6, 6.07) is 8.93. The van der Waals surface area contributed by atoms with Gasteiger partial charge in [-0.2, -0.15) is 13.2 Å². The summed E-state index contributed by atoms with van der Waals surface area (Å²) in [6.45, 7) is 1.15. The lowest BCUT2D eigenvalue weighted by atomic mass is 9.86. The Morgan fingerprint density at radius 3 is 2.33 bits per heavy atom. The van der Waals surface area contributed by atoms with Crippen LogP contribution in [0.25, 0.3) is 5.70 Å². The van der Waals surface area contributed by atoms with E-state index in [9.17, 15) is 13.2 Å². The molecule has 0 spiro atoms. The number of allylic oxidation sites excluding steroid dienone is 2. The zero-order chi connectivity index (χ0) is 13.4. The van der Waals surface area contributed by atoms with Crippen molar-refractivity contribution in [1.29, 1.82) is 0 Å². The average Bonchev–Trinajstić information content (AvgIpc) is 2.32. The number of hydrogen-bond acceptors (Lipinski definition) is 1. The van der Waals surface area contributed by atoms with Crippen molar-refractivity contribution in [3.05, 3.63) is 52.7 Å². The van der Waals surface area contributed by atoms with Crippen molar-refractivity contribution in [3.63, 3.8) is 0 Å². The second-order valence-electron chi connectivity index (χ2n) is 4.26. The van der Waals surface area contributed by atoms with Crippen LogP contribution in [0.15, 0.2) is 47.1 Å². The number of hydrogen-bond donors (Lipinski definition) is 1. The number of dihydropyridines is 1. The summed E-state index contributed by atoms with van der Waals surface area (Å²) in [5, 5.41) is 2.86. The van der Waals surface area contributed by atoms with Crippen molar-refractivity contribution >= 4 is 21.6 Å². The van der Waals surface area contributed by atoms with E-state index in [2.05, 4.69) is 21.2 Å². The highest BCUT2D eigenvalue weighted by molar-refractivity contribution is 9.11. The van der Waals surface area contributed by atoms with E-state index < -0.39 is 11.6 Å². The van der Waals surface area contributed by atoms with Crippen LogP contribution in [0.5, 0.6) is 0 Å². The summed E-state index contributed by atoms with van der Waals surface area (Å²) in [5.41, 5.74) is -0.813. The van der Waals surface area contributed by atoms with Crippen LogP contribution >= 0.6 is 15.9 Å². The Kier molecular flexibility index (Phi) is 3.27.